The maximum atomic E-state index is 13.0. The summed E-state index contributed by atoms with van der Waals surface area (Å²) in [5.41, 5.74) is -0.196. The number of nitrogens with one attached hydrogen (secondary N) is 1. The standard InChI is InChI=1S/C12H15F3N2O/c13-12(14,15)10-7-9(8-18)1-2-11(10)17-5-3-16-4-6-17/h1-2,7,16,18H,3-6,8H2. The highest BCUT2D eigenvalue weighted by Crippen LogP contribution is 2.37. The minimum Gasteiger partial charge on any atom is -0.392 e. The van der Waals surface area contributed by atoms with Crippen LogP contribution in [0.2, 0.25) is 0 Å². The zero-order chi connectivity index (χ0) is 13.2. The monoisotopic (exact) mass is 260 g/mol. The van der Waals surface area contributed by atoms with Gasteiger partial charge < -0.3 is 15.3 Å². The minimum atomic E-state index is -4.40. The van der Waals surface area contributed by atoms with Gasteiger partial charge in [-0.05, 0) is 17.7 Å². The third-order valence-corrected chi connectivity index (χ3v) is 3.01. The minimum absolute atomic E-state index is 0.196. The Labute approximate surface area is 103 Å². The Morgan fingerprint density at radius 2 is 1.89 bits per heavy atom. The largest absolute Gasteiger partial charge is 0.418 e. The molecule has 6 heteroatoms. The lowest BCUT2D eigenvalue weighted by Gasteiger charge is -2.31. The van der Waals surface area contributed by atoms with Crippen LogP contribution >= 0.6 is 0 Å². The molecule has 0 saturated carbocycles. The molecule has 1 fully saturated rings. The number of rotatable bonds is 2. The Balaban J connectivity index is 2.38. The number of aliphatic hydroxyl groups excluding tert-OH is 1. The molecule has 1 heterocycles. The molecule has 2 rings (SSSR count). The highest BCUT2D eigenvalue weighted by molar-refractivity contribution is 5.56. The van der Waals surface area contributed by atoms with E-state index >= 15 is 0 Å². The average molecular weight is 260 g/mol. The summed E-state index contributed by atoms with van der Waals surface area (Å²) in [4.78, 5) is 1.72. The number of anilines is 1. The first-order chi connectivity index (χ1) is 8.52. The van der Waals surface area contributed by atoms with E-state index in [1.54, 1.807) is 4.90 Å². The fourth-order valence-electron chi connectivity index (χ4n) is 2.09. The molecule has 18 heavy (non-hydrogen) atoms. The lowest BCUT2D eigenvalue weighted by atomic mass is 10.1. The number of hydrogen-bond donors (Lipinski definition) is 2. The molecular weight excluding hydrogens is 245 g/mol. The maximum Gasteiger partial charge on any atom is 0.418 e. The molecule has 0 amide bonds. The molecule has 1 aliphatic rings. The summed E-state index contributed by atoms with van der Waals surface area (Å²) in [5.74, 6) is 0. The van der Waals surface area contributed by atoms with Crippen LogP contribution < -0.4 is 10.2 Å². The van der Waals surface area contributed by atoms with Crippen LogP contribution in [-0.4, -0.2) is 31.3 Å². The summed E-state index contributed by atoms with van der Waals surface area (Å²) in [6.07, 6.45) is -4.40. The molecule has 100 valence electrons. The van der Waals surface area contributed by atoms with E-state index in [2.05, 4.69) is 5.32 Å². The zero-order valence-electron chi connectivity index (χ0n) is 9.80. The Bertz CT molecular complexity index is 414. The zero-order valence-corrected chi connectivity index (χ0v) is 9.80. The number of hydrogen-bond acceptors (Lipinski definition) is 3. The van der Waals surface area contributed by atoms with Crippen LogP contribution in [0.3, 0.4) is 0 Å². The number of benzene rings is 1. The second kappa shape index (κ2) is 5.16. The van der Waals surface area contributed by atoms with Crippen LogP contribution in [0.5, 0.6) is 0 Å². The first-order valence-electron chi connectivity index (χ1n) is 5.79. The Hall–Kier alpha value is -1.27. The fraction of sp³-hybridized carbons (Fsp3) is 0.500. The first kappa shape index (κ1) is 13.2. The summed E-state index contributed by atoms with van der Waals surface area (Å²) in [6, 6.07) is 4.00. The third-order valence-electron chi connectivity index (χ3n) is 3.01. The van der Waals surface area contributed by atoms with Crippen LogP contribution in [0.25, 0.3) is 0 Å². The van der Waals surface area contributed by atoms with E-state index in [-0.39, 0.29) is 17.9 Å². The quantitative estimate of drug-likeness (QED) is 0.848. The van der Waals surface area contributed by atoms with Crippen LogP contribution in [0, 0.1) is 0 Å². The fourth-order valence-corrected chi connectivity index (χ4v) is 2.09. The highest BCUT2D eigenvalue weighted by Gasteiger charge is 2.35. The number of alkyl halides is 3. The Morgan fingerprint density at radius 3 is 2.44 bits per heavy atom. The van der Waals surface area contributed by atoms with Gasteiger partial charge in [0.25, 0.3) is 0 Å². The average Bonchev–Trinajstić information content (AvgIpc) is 2.38. The van der Waals surface area contributed by atoms with Gasteiger partial charge in [-0.15, -0.1) is 0 Å². The smallest absolute Gasteiger partial charge is 0.392 e. The number of nitrogens with zero attached hydrogens (tertiary/aromatic N) is 1. The van der Waals surface area contributed by atoms with E-state index in [9.17, 15) is 13.2 Å². The highest BCUT2D eigenvalue weighted by atomic mass is 19.4. The second-order valence-corrected chi connectivity index (χ2v) is 4.24. The van der Waals surface area contributed by atoms with E-state index in [1.165, 1.54) is 12.1 Å². The van der Waals surface area contributed by atoms with Crippen LogP contribution in [0.15, 0.2) is 18.2 Å². The van der Waals surface area contributed by atoms with Crippen molar-refractivity contribution in [1.29, 1.82) is 0 Å². The normalized spacial score (nSPS) is 17.0. The van der Waals surface area contributed by atoms with Crippen LogP contribution in [-0.2, 0) is 12.8 Å². The summed E-state index contributed by atoms with van der Waals surface area (Å²) in [7, 11) is 0. The van der Waals surface area contributed by atoms with E-state index in [1.807, 2.05) is 0 Å². The van der Waals surface area contributed by atoms with E-state index in [4.69, 9.17) is 5.11 Å². The van der Waals surface area contributed by atoms with Gasteiger partial charge in [0.2, 0.25) is 0 Å². The van der Waals surface area contributed by atoms with Gasteiger partial charge in [0, 0.05) is 31.9 Å². The Kier molecular flexibility index (Phi) is 3.77. The number of halogens is 3. The molecule has 3 nitrogen and oxygen atoms in total. The second-order valence-electron chi connectivity index (χ2n) is 4.24. The summed E-state index contributed by atoms with van der Waals surface area (Å²) in [5, 5.41) is 12.0. The molecular formula is C12H15F3N2O. The Morgan fingerprint density at radius 1 is 1.22 bits per heavy atom. The van der Waals surface area contributed by atoms with E-state index in [0.717, 1.165) is 6.07 Å². The predicted octanol–water partition coefficient (Wildman–Crippen LogP) is 1.61. The molecule has 2 N–H and O–H groups in total. The lowest BCUT2D eigenvalue weighted by molar-refractivity contribution is -0.137. The van der Waals surface area contributed by atoms with Crippen molar-refractivity contribution in [1.82, 2.24) is 5.32 Å². The third kappa shape index (κ3) is 2.76. The van der Waals surface area contributed by atoms with Gasteiger partial charge in [-0.1, -0.05) is 6.07 Å². The van der Waals surface area contributed by atoms with E-state index in [0.29, 0.717) is 26.2 Å². The molecule has 0 unspecified atom stereocenters. The van der Waals surface area contributed by atoms with Gasteiger partial charge in [-0.25, -0.2) is 0 Å². The van der Waals surface area contributed by atoms with E-state index < -0.39 is 11.7 Å². The van der Waals surface area contributed by atoms with Crippen molar-refractivity contribution in [2.45, 2.75) is 12.8 Å². The van der Waals surface area contributed by atoms with Crippen LogP contribution in [0.4, 0.5) is 18.9 Å². The topological polar surface area (TPSA) is 35.5 Å². The van der Waals surface area contributed by atoms with Crippen molar-refractivity contribution in [3.8, 4) is 0 Å². The summed E-state index contributed by atoms with van der Waals surface area (Å²) >= 11 is 0. The van der Waals surface area contributed by atoms with Gasteiger partial charge in [0.15, 0.2) is 0 Å². The lowest BCUT2D eigenvalue weighted by Crippen LogP contribution is -2.44. The predicted molar refractivity (Wildman–Crippen MR) is 62.4 cm³/mol. The number of piperazine rings is 1. The van der Waals surface area contributed by atoms with Gasteiger partial charge in [-0.2, -0.15) is 13.2 Å². The van der Waals surface area contributed by atoms with Crippen molar-refractivity contribution in [3.05, 3.63) is 29.3 Å². The molecule has 1 aromatic rings. The van der Waals surface area contributed by atoms with Crippen molar-refractivity contribution in [3.63, 3.8) is 0 Å². The van der Waals surface area contributed by atoms with Gasteiger partial charge in [-0.3, -0.25) is 0 Å². The molecule has 0 aromatic heterocycles. The molecule has 0 bridgehead atoms. The SMILES string of the molecule is OCc1ccc(N2CCNCC2)c(C(F)(F)F)c1. The van der Waals surface area contributed by atoms with Crippen molar-refractivity contribution >= 4 is 5.69 Å². The van der Waals surface area contributed by atoms with Crippen molar-refractivity contribution < 1.29 is 18.3 Å². The summed E-state index contributed by atoms with van der Waals surface area (Å²) in [6.45, 7) is 2.09. The maximum absolute atomic E-state index is 13.0. The first-order valence-corrected chi connectivity index (χ1v) is 5.79. The number of aliphatic hydroxyl groups is 1. The molecule has 0 aliphatic carbocycles. The molecule has 1 saturated heterocycles. The summed E-state index contributed by atoms with van der Waals surface area (Å²) < 4.78 is 39.0. The molecule has 0 atom stereocenters. The molecule has 1 aromatic carbocycles. The van der Waals surface area contributed by atoms with Crippen molar-refractivity contribution in [2.75, 3.05) is 31.1 Å². The molecule has 0 spiro atoms. The molecule has 0 radical (unpaired) electrons. The van der Waals surface area contributed by atoms with Gasteiger partial charge in [0.05, 0.1) is 12.2 Å². The van der Waals surface area contributed by atoms with Gasteiger partial charge in [0.1, 0.15) is 0 Å². The van der Waals surface area contributed by atoms with Crippen molar-refractivity contribution in [2.24, 2.45) is 0 Å². The molecule has 1 aliphatic heterocycles. The van der Waals surface area contributed by atoms with Crippen LogP contribution in [0.1, 0.15) is 11.1 Å². The van der Waals surface area contributed by atoms with Gasteiger partial charge >= 0.3 is 6.18 Å².